The van der Waals surface area contributed by atoms with Gasteiger partial charge in [0.15, 0.2) is 0 Å². The molecule has 0 saturated carbocycles. The first kappa shape index (κ1) is 7.77. The Balaban J connectivity index is 2.85. The van der Waals surface area contributed by atoms with E-state index in [9.17, 15) is 0 Å². The third kappa shape index (κ3) is 1.79. The summed E-state index contributed by atoms with van der Waals surface area (Å²) in [6.45, 7) is 0. The van der Waals surface area contributed by atoms with Crippen LogP contribution in [0, 0.1) is 12.3 Å². The number of pyridine rings is 1. The zero-order valence-electron chi connectivity index (χ0n) is 6.41. The van der Waals surface area contributed by atoms with Crippen molar-refractivity contribution in [3.8, 4) is 12.3 Å². The minimum atomic E-state index is -0.0244. The smallest absolute Gasteiger partial charge is 0.0955 e. The highest BCUT2D eigenvalue weighted by Crippen LogP contribution is 2.07. The van der Waals surface area contributed by atoms with Gasteiger partial charge >= 0.3 is 0 Å². The lowest BCUT2D eigenvalue weighted by molar-refractivity contribution is 0.733. The van der Waals surface area contributed by atoms with Gasteiger partial charge in [-0.1, -0.05) is 12.0 Å². The van der Waals surface area contributed by atoms with Crippen LogP contribution in [0.1, 0.15) is 11.6 Å². The van der Waals surface area contributed by atoms with Crippen LogP contribution >= 0.6 is 0 Å². The van der Waals surface area contributed by atoms with Crippen molar-refractivity contribution in [2.24, 2.45) is 0 Å². The number of rotatable bonds is 2. The second kappa shape index (κ2) is 3.75. The molecular weight excluding hydrogens is 136 g/mol. The number of hydrogen-bond donors (Lipinski definition) is 1. The maximum absolute atomic E-state index is 5.28. The first-order valence-electron chi connectivity index (χ1n) is 3.42. The molecule has 0 aromatic carbocycles. The van der Waals surface area contributed by atoms with Gasteiger partial charge in [0.05, 0.1) is 6.04 Å². The maximum atomic E-state index is 5.28. The average molecular weight is 146 g/mol. The number of hydrogen-bond acceptors (Lipinski definition) is 2. The number of aromatic nitrogens is 1. The lowest BCUT2D eigenvalue weighted by Crippen LogP contribution is -2.13. The van der Waals surface area contributed by atoms with Gasteiger partial charge < -0.3 is 5.32 Å². The zero-order chi connectivity index (χ0) is 8.10. The molecular formula is C9H10N2. The molecule has 1 aromatic heterocycles. The fourth-order valence-electron chi connectivity index (χ4n) is 0.893. The van der Waals surface area contributed by atoms with Crippen LogP contribution in [0.25, 0.3) is 0 Å². The van der Waals surface area contributed by atoms with Crippen LogP contribution in [-0.4, -0.2) is 12.0 Å². The quantitative estimate of drug-likeness (QED) is 0.629. The number of nitrogens with one attached hydrogen (secondary N) is 1. The summed E-state index contributed by atoms with van der Waals surface area (Å²) in [5.74, 6) is 2.62. The summed E-state index contributed by atoms with van der Waals surface area (Å²) in [5, 5.41) is 2.99. The van der Waals surface area contributed by atoms with Crippen LogP contribution in [-0.2, 0) is 0 Å². The van der Waals surface area contributed by atoms with E-state index in [4.69, 9.17) is 6.42 Å². The van der Waals surface area contributed by atoms with E-state index in [1.807, 2.05) is 19.2 Å². The SMILES string of the molecule is C#CC(NC)c1cccnc1. The highest BCUT2D eigenvalue weighted by Gasteiger charge is 2.02. The van der Waals surface area contributed by atoms with Gasteiger partial charge in [0.2, 0.25) is 0 Å². The number of terminal acetylenes is 1. The topological polar surface area (TPSA) is 24.9 Å². The van der Waals surface area contributed by atoms with E-state index in [-0.39, 0.29) is 6.04 Å². The maximum Gasteiger partial charge on any atom is 0.0955 e. The van der Waals surface area contributed by atoms with Crippen molar-refractivity contribution in [1.29, 1.82) is 0 Å². The van der Waals surface area contributed by atoms with Crippen molar-refractivity contribution in [1.82, 2.24) is 10.3 Å². The molecule has 1 N–H and O–H groups in total. The number of nitrogens with zero attached hydrogens (tertiary/aromatic N) is 1. The van der Waals surface area contributed by atoms with Crippen molar-refractivity contribution in [2.45, 2.75) is 6.04 Å². The van der Waals surface area contributed by atoms with E-state index < -0.39 is 0 Å². The Morgan fingerprint density at radius 2 is 2.55 bits per heavy atom. The molecule has 0 spiro atoms. The van der Waals surface area contributed by atoms with Crippen LogP contribution < -0.4 is 5.32 Å². The van der Waals surface area contributed by atoms with Crippen molar-refractivity contribution < 1.29 is 0 Å². The monoisotopic (exact) mass is 146 g/mol. The molecule has 0 bridgehead atoms. The van der Waals surface area contributed by atoms with Crippen molar-refractivity contribution in [3.63, 3.8) is 0 Å². The van der Waals surface area contributed by atoms with E-state index in [1.54, 1.807) is 12.4 Å². The molecule has 0 aliphatic carbocycles. The molecule has 2 nitrogen and oxygen atoms in total. The van der Waals surface area contributed by atoms with Crippen LogP contribution in [0.3, 0.4) is 0 Å². The fraction of sp³-hybridized carbons (Fsp3) is 0.222. The minimum absolute atomic E-state index is 0.0244. The molecule has 11 heavy (non-hydrogen) atoms. The van der Waals surface area contributed by atoms with E-state index in [0.29, 0.717) is 0 Å². The summed E-state index contributed by atoms with van der Waals surface area (Å²) in [5.41, 5.74) is 1.03. The molecule has 0 saturated heterocycles. The molecule has 0 amide bonds. The Morgan fingerprint density at radius 3 is 3.00 bits per heavy atom. The molecule has 1 unspecified atom stereocenters. The second-order valence-electron chi connectivity index (χ2n) is 2.17. The third-order valence-electron chi connectivity index (χ3n) is 1.47. The van der Waals surface area contributed by atoms with Crippen LogP contribution in [0.4, 0.5) is 0 Å². The van der Waals surface area contributed by atoms with Crippen LogP contribution in [0.15, 0.2) is 24.5 Å². The summed E-state index contributed by atoms with van der Waals surface area (Å²) in [4.78, 5) is 3.97. The van der Waals surface area contributed by atoms with Gasteiger partial charge in [0.25, 0.3) is 0 Å². The predicted molar refractivity (Wildman–Crippen MR) is 44.9 cm³/mol. The average Bonchev–Trinajstić information content (AvgIpc) is 2.09. The van der Waals surface area contributed by atoms with Gasteiger partial charge in [-0.25, -0.2) is 0 Å². The predicted octanol–water partition coefficient (Wildman–Crippen LogP) is 0.975. The third-order valence-corrected chi connectivity index (χ3v) is 1.47. The van der Waals surface area contributed by atoms with Crippen LogP contribution in [0.2, 0.25) is 0 Å². The Bertz CT molecular complexity index is 248. The lowest BCUT2D eigenvalue weighted by atomic mass is 10.1. The first-order chi connectivity index (χ1) is 5.38. The Labute approximate surface area is 66.7 Å². The van der Waals surface area contributed by atoms with Crippen LogP contribution in [0.5, 0.6) is 0 Å². The fourth-order valence-corrected chi connectivity index (χ4v) is 0.893. The standard InChI is InChI=1S/C9H10N2/c1-3-9(10-2)8-5-4-6-11-7-8/h1,4-7,9-10H,2H3. The molecule has 1 aromatic rings. The summed E-state index contributed by atoms with van der Waals surface area (Å²) >= 11 is 0. The highest BCUT2D eigenvalue weighted by molar-refractivity contribution is 5.21. The normalized spacial score (nSPS) is 12.0. The largest absolute Gasteiger partial charge is 0.303 e. The van der Waals surface area contributed by atoms with E-state index in [1.165, 1.54) is 0 Å². The molecule has 1 heterocycles. The van der Waals surface area contributed by atoms with Gasteiger partial charge in [-0.2, -0.15) is 0 Å². The second-order valence-corrected chi connectivity index (χ2v) is 2.17. The van der Waals surface area contributed by atoms with E-state index in [0.717, 1.165) is 5.56 Å². The first-order valence-corrected chi connectivity index (χ1v) is 3.42. The summed E-state index contributed by atoms with van der Waals surface area (Å²) in [7, 11) is 1.83. The van der Waals surface area contributed by atoms with Crippen molar-refractivity contribution in [2.75, 3.05) is 7.05 Å². The Morgan fingerprint density at radius 1 is 1.73 bits per heavy atom. The highest BCUT2D eigenvalue weighted by atomic mass is 14.9. The van der Waals surface area contributed by atoms with Crippen molar-refractivity contribution >= 4 is 0 Å². The lowest BCUT2D eigenvalue weighted by Gasteiger charge is -2.07. The minimum Gasteiger partial charge on any atom is -0.303 e. The summed E-state index contributed by atoms with van der Waals surface area (Å²) in [6, 6.07) is 3.80. The van der Waals surface area contributed by atoms with E-state index >= 15 is 0 Å². The van der Waals surface area contributed by atoms with Gasteiger partial charge in [0.1, 0.15) is 0 Å². The molecule has 0 aliphatic rings. The molecule has 1 atom stereocenters. The zero-order valence-corrected chi connectivity index (χ0v) is 6.41. The Kier molecular flexibility index (Phi) is 2.65. The van der Waals surface area contributed by atoms with Gasteiger partial charge in [-0.3, -0.25) is 4.98 Å². The molecule has 1 rings (SSSR count). The molecule has 0 aliphatic heterocycles. The van der Waals surface area contributed by atoms with Gasteiger partial charge in [-0.05, 0) is 18.7 Å². The van der Waals surface area contributed by atoms with E-state index in [2.05, 4.69) is 16.2 Å². The molecule has 0 radical (unpaired) electrons. The summed E-state index contributed by atoms with van der Waals surface area (Å²) in [6.07, 6.45) is 8.77. The Hall–Kier alpha value is -1.33. The van der Waals surface area contributed by atoms with Crippen molar-refractivity contribution in [3.05, 3.63) is 30.1 Å². The molecule has 56 valence electrons. The molecule has 0 fully saturated rings. The summed E-state index contributed by atoms with van der Waals surface area (Å²) < 4.78 is 0. The van der Waals surface area contributed by atoms with Gasteiger partial charge in [-0.15, -0.1) is 6.42 Å². The van der Waals surface area contributed by atoms with Gasteiger partial charge in [0, 0.05) is 12.4 Å². The molecule has 2 heteroatoms.